The van der Waals surface area contributed by atoms with Crippen LogP contribution in [0.4, 0.5) is 0 Å². The fourth-order valence-corrected chi connectivity index (χ4v) is 3.80. The maximum absolute atomic E-state index is 10.1. The Bertz CT molecular complexity index is 245. The van der Waals surface area contributed by atoms with Crippen molar-refractivity contribution in [2.45, 2.75) is 83.8 Å². The summed E-state index contributed by atoms with van der Waals surface area (Å²) in [6, 6.07) is 0. The molecule has 3 unspecified atom stereocenters. The van der Waals surface area contributed by atoms with E-state index in [1.54, 1.807) is 0 Å². The smallest absolute Gasteiger partial charge is 0.0681 e. The first-order valence-corrected chi connectivity index (χ1v) is 8.02. The van der Waals surface area contributed by atoms with Gasteiger partial charge in [0.25, 0.3) is 0 Å². The number of hydrogen-bond donors (Lipinski definition) is 1. The summed E-state index contributed by atoms with van der Waals surface area (Å²) in [6.45, 7) is 5.43. The lowest BCUT2D eigenvalue weighted by Gasteiger charge is -2.51. The minimum Gasteiger partial charge on any atom is -0.392 e. The van der Waals surface area contributed by atoms with Gasteiger partial charge in [-0.05, 0) is 25.2 Å². The van der Waals surface area contributed by atoms with E-state index in [1.165, 1.54) is 51.4 Å². The Kier molecular flexibility index (Phi) is 5.08. The highest BCUT2D eigenvalue weighted by Gasteiger charge is 2.56. The Hall–Kier alpha value is -0.0800. The van der Waals surface area contributed by atoms with Crippen LogP contribution >= 0.6 is 0 Å². The molecule has 0 heterocycles. The van der Waals surface area contributed by atoms with Crippen LogP contribution in [0.2, 0.25) is 0 Å². The van der Waals surface area contributed by atoms with E-state index < -0.39 is 0 Å². The Morgan fingerprint density at radius 1 is 1.28 bits per heavy atom. The standard InChI is InChI=1S/C16H30O2/c1-3-5-8-13(4-2)12-18-15-11-14(17)16(15)9-6-7-10-16/h13-15,17H,3-12H2,1-2H3. The fourth-order valence-electron chi connectivity index (χ4n) is 3.80. The van der Waals surface area contributed by atoms with Crippen molar-refractivity contribution >= 4 is 0 Å². The van der Waals surface area contributed by atoms with Crippen molar-refractivity contribution in [3.63, 3.8) is 0 Å². The van der Waals surface area contributed by atoms with Gasteiger partial charge in [0.15, 0.2) is 0 Å². The van der Waals surface area contributed by atoms with Crippen molar-refractivity contribution in [3.05, 3.63) is 0 Å². The van der Waals surface area contributed by atoms with E-state index in [9.17, 15) is 5.11 Å². The summed E-state index contributed by atoms with van der Waals surface area (Å²) in [5.41, 5.74) is 0.156. The van der Waals surface area contributed by atoms with Crippen molar-refractivity contribution in [2.24, 2.45) is 11.3 Å². The third kappa shape index (κ3) is 2.75. The molecule has 2 heteroatoms. The van der Waals surface area contributed by atoms with Gasteiger partial charge in [-0.15, -0.1) is 0 Å². The minimum absolute atomic E-state index is 0.0827. The summed E-state index contributed by atoms with van der Waals surface area (Å²) < 4.78 is 6.18. The van der Waals surface area contributed by atoms with Crippen molar-refractivity contribution in [2.75, 3.05) is 6.61 Å². The fraction of sp³-hybridized carbons (Fsp3) is 1.00. The number of unbranched alkanes of at least 4 members (excludes halogenated alkanes) is 1. The lowest BCUT2D eigenvalue weighted by atomic mass is 9.62. The molecular formula is C16H30O2. The van der Waals surface area contributed by atoms with Crippen LogP contribution in [0.5, 0.6) is 0 Å². The largest absolute Gasteiger partial charge is 0.392 e. The molecule has 2 fully saturated rings. The van der Waals surface area contributed by atoms with E-state index in [-0.39, 0.29) is 11.5 Å². The van der Waals surface area contributed by atoms with Crippen molar-refractivity contribution < 1.29 is 9.84 Å². The lowest BCUT2D eigenvalue weighted by molar-refractivity contribution is -0.194. The van der Waals surface area contributed by atoms with Crippen molar-refractivity contribution in [1.82, 2.24) is 0 Å². The van der Waals surface area contributed by atoms with Gasteiger partial charge in [0.1, 0.15) is 0 Å². The highest BCUT2D eigenvalue weighted by molar-refractivity contribution is 5.06. The molecule has 18 heavy (non-hydrogen) atoms. The Labute approximate surface area is 112 Å². The van der Waals surface area contributed by atoms with Crippen LogP contribution in [0.15, 0.2) is 0 Å². The van der Waals surface area contributed by atoms with Gasteiger partial charge in [-0.1, -0.05) is 46.0 Å². The number of hydrogen-bond acceptors (Lipinski definition) is 2. The van der Waals surface area contributed by atoms with Crippen LogP contribution in [0.25, 0.3) is 0 Å². The predicted octanol–water partition coefficient (Wildman–Crippen LogP) is 3.91. The molecule has 0 aromatic heterocycles. The van der Waals surface area contributed by atoms with Gasteiger partial charge in [-0.2, -0.15) is 0 Å². The van der Waals surface area contributed by atoms with Crippen LogP contribution in [-0.4, -0.2) is 23.9 Å². The van der Waals surface area contributed by atoms with E-state index in [1.807, 2.05) is 0 Å². The van der Waals surface area contributed by atoms with Gasteiger partial charge < -0.3 is 9.84 Å². The van der Waals surface area contributed by atoms with E-state index in [4.69, 9.17) is 4.74 Å². The molecule has 0 aliphatic heterocycles. The molecule has 3 atom stereocenters. The third-order valence-corrected chi connectivity index (χ3v) is 5.35. The number of ether oxygens (including phenoxy) is 1. The second kappa shape index (κ2) is 6.38. The molecule has 0 radical (unpaired) electrons. The zero-order chi connectivity index (χ0) is 13.0. The first-order chi connectivity index (χ1) is 8.73. The molecule has 2 nitrogen and oxygen atoms in total. The molecule has 106 valence electrons. The van der Waals surface area contributed by atoms with Crippen molar-refractivity contribution in [3.8, 4) is 0 Å². The molecule has 0 aromatic carbocycles. The van der Waals surface area contributed by atoms with Gasteiger partial charge in [-0.25, -0.2) is 0 Å². The molecule has 2 rings (SSSR count). The van der Waals surface area contributed by atoms with Crippen LogP contribution < -0.4 is 0 Å². The predicted molar refractivity (Wildman–Crippen MR) is 74.6 cm³/mol. The minimum atomic E-state index is -0.0827. The summed E-state index contributed by atoms with van der Waals surface area (Å²) >= 11 is 0. The van der Waals surface area contributed by atoms with Gasteiger partial charge in [0, 0.05) is 18.4 Å². The molecule has 1 spiro atoms. The molecule has 0 aromatic rings. The lowest BCUT2D eigenvalue weighted by Crippen LogP contribution is -2.56. The normalized spacial score (nSPS) is 31.5. The molecule has 2 aliphatic carbocycles. The Morgan fingerprint density at radius 3 is 2.56 bits per heavy atom. The van der Waals surface area contributed by atoms with E-state index in [0.29, 0.717) is 6.10 Å². The molecule has 0 bridgehead atoms. The Morgan fingerprint density at radius 2 is 2.00 bits per heavy atom. The van der Waals surface area contributed by atoms with Crippen LogP contribution in [0.1, 0.15) is 71.6 Å². The topological polar surface area (TPSA) is 29.5 Å². The van der Waals surface area contributed by atoms with Gasteiger partial charge in [-0.3, -0.25) is 0 Å². The number of rotatable bonds is 7. The summed E-state index contributed by atoms with van der Waals surface area (Å²) in [4.78, 5) is 0. The average Bonchev–Trinajstić information content (AvgIpc) is 2.90. The monoisotopic (exact) mass is 254 g/mol. The van der Waals surface area contributed by atoms with Crippen LogP contribution in [-0.2, 0) is 4.74 Å². The zero-order valence-electron chi connectivity index (χ0n) is 12.2. The summed E-state index contributed by atoms with van der Waals surface area (Å²) in [5, 5.41) is 10.1. The van der Waals surface area contributed by atoms with Crippen molar-refractivity contribution in [1.29, 1.82) is 0 Å². The summed E-state index contributed by atoms with van der Waals surface area (Å²) in [7, 11) is 0. The SMILES string of the molecule is CCCCC(CC)COC1CC(O)C12CCCC2. The second-order valence-electron chi connectivity index (χ2n) is 6.43. The maximum Gasteiger partial charge on any atom is 0.0681 e. The third-order valence-electron chi connectivity index (χ3n) is 5.35. The van der Waals surface area contributed by atoms with Gasteiger partial charge >= 0.3 is 0 Å². The van der Waals surface area contributed by atoms with Gasteiger partial charge in [0.2, 0.25) is 0 Å². The number of aliphatic hydroxyl groups excluding tert-OH is 1. The molecule has 0 amide bonds. The zero-order valence-corrected chi connectivity index (χ0v) is 12.2. The van der Waals surface area contributed by atoms with E-state index in [2.05, 4.69) is 13.8 Å². The number of aliphatic hydroxyl groups is 1. The average molecular weight is 254 g/mol. The summed E-state index contributed by atoms with van der Waals surface area (Å²) in [6.07, 6.45) is 11.2. The van der Waals surface area contributed by atoms with E-state index >= 15 is 0 Å². The molecule has 0 saturated heterocycles. The highest BCUT2D eigenvalue weighted by atomic mass is 16.5. The molecule has 2 aliphatic rings. The second-order valence-corrected chi connectivity index (χ2v) is 6.43. The van der Waals surface area contributed by atoms with Crippen LogP contribution in [0.3, 0.4) is 0 Å². The first kappa shape index (κ1) is 14.3. The van der Waals surface area contributed by atoms with Crippen LogP contribution in [0, 0.1) is 11.3 Å². The quantitative estimate of drug-likeness (QED) is 0.746. The molecule has 1 N–H and O–H groups in total. The summed E-state index contributed by atoms with van der Waals surface area (Å²) in [5.74, 6) is 0.723. The molecular weight excluding hydrogens is 224 g/mol. The van der Waals surface area contributed by atoms with Gasteiger partial charge in [0.05, 0.1) is 12.2 Å². The Balaban J connectivity index is 1.76. The maximum atomic E-state index is 10.1. The van der Waals surface area contributed by atoms with E-state index in [0.717, 1.165) is 18.9 Å². The first-order valence-electron chi connectivity index (χ1n) is 8.02. The highest BCUT2D eigenvalue weighted by Crippen LogP contribution is 2.54. The molecule has 2 saturated carbocycles.